The quantitative estimate of drug-likeness (QED) is 0.275. The van der Waals surface area contributed by atoms with Gasteiger partial charge in [0.1, 0.15) is 18.3 Å². The molecule has 2 aliphatic carbocycles. The number of nitrogens with zero attached hydrogens (tertiary/aromatic N) is 2. The summed E-state index contributed by atoms with van der Waals surface area (Å²) in [5.41, 5.74) is 1.04. The highest BCUT2D eigenvalue weighted by molar-refractivity contribution is 5.99. The molecule has 1 aliphatic heterocycles. The van der Waals surface area contributed by atoms with Crippen LogP contribution in [0.2, 0.25) is 0 Å². The first kappa shape index (κ1) is 34.6. The number of benzene rings is 1. The number of fused-ring (bicyclic) bond motifs is 1. The molecule has 1 aromatic carbocycles. The fourth-order valence-corrected chi connectivity index (χ4v) is 7.80. The summed E-state index contributed by atoms with van der Waals surface area (Å²) in [5, 5.41) is 5.75. The third kappa shape index (κ3) is 8.43. The van der Waals surface area contributed by atoms with Crippen molar-refractivity contribution in [3.63, 3.8) is 0 Å². The molecule has 2 saturated carbocycles. The van der Waals surface area contributed by atoms with Crippen LogP contribution in [-0.2, 0) is 19.1 Å². The number of nitrogens with one attached hydrogen (secondary N) is 3. The number of alkyl halides is 1. The van der Waals surface area contributed by atoms with E-state index >= 15 is 0 Å². The van der Waals surface area contributed by atoms with Crippen LogP contribution < -0.4 is 10.6 Å². The maximum atomic E-state index is 14.1. The lowest BCUT2D eigenvalue weighted by molar-refractivity contribution is -0.142. The largest absolute Gasteiger partial charge is 0.460 e. The Balaban J connectivity index is 1.27. The van der Waals surface area contributed by atoms with Gasteiger partial charge in [0, 0.05) is 18.2 Å². The van der Waals surface area contributed by atoms with Gasteiger partial charge >= 0.3 is 12.1 Å². The fraction of sp³-hybridized carbons (Fsp3) is 0.686. The number of hydrogen-bond donors (Lipinski definition) is 3. The summed E-state index contributed by atoms with van der Waals surface area (Å²) < 4.78 is 24.4. The molecule has 3 atom stereocenters. The summed E-state index contributed by atoms with van der Waals surface area (Å²) in [6, 6.07) is 4.00. The summed E-state index contributed by atoms with van der Waals surface area (Å²) in [4.78, 5) is 61.7. The molecule has 258 valence electrons. The highest BCUT2D eigenvalue weighted by atomic mass is 19.1. The number of imidazole rings is 1. The first-order valence-corrected chi connectivity index (χ1v) is 17.3. The van der Waals surface area contributed by atoms with Crippen molar-refractivity contribution in [2.45, 2.75) is 110 Å². The van der Waals surface area contributed by atoms with Crippen molar-refractivity contribution in [1.29, 1.82) is 0 Å². The lowest BCUT2D eigenvalue weighted by atomic mass is 9.76. The van der Waals surface area contributed by atoms with Crippen LogP contribution in [-0.4, -0.2) is 76.3 Å². The van der Waals surface area contributed by atoms with Crippen molar-refractivity contribution in [1.82, 2.24) is 20.2 Å². The number of amides is 3. The number of carbonyl (C=O) groups excluding carboxylic acids is 4. The number of aromatic nitrogens is 2. The smallest absolute Gasteiger partial charge is 0.407 e. The zero-order valence-corrected chi connectivity index (χ0v) is 28.1. The predicted molar refractivity (Wildman–Crippen MR) is 175 cm³/mol. The first-order chi connectivity index (χ1) is 22.5. The van der Waals surface area contributed by atoms with E-state index in [2.05, 4.69) is 20.6 Å². The number of hydrogen-bond acceptors (Lipinski definition) is 7. The third-order valence-corrected chi connectivity index (χ3v) is 10.0. The van der Waals surface area contributed by atoms with E-state index in [9.17, 15) is 23.6 Å². The highest BCUT2D eigenvalue weighted by Crippen LogP contribution is 2.41. The molecule has 0 spiro atoms. The molecule has 1 saturated heterocycles. The fourth-order valence-electron chi connectivity index (χ4n) is 7.80. The molecule has 3 fully saturated rings. The van der Waals surface area contributed by atoms with Gasteiger partial charge < -0.3 is 30.0 Å². The molecule has 47 heavy (non-hydrogen) atoms. The van der Waals surface area contributed by atoms with Crippen LogP contribution in [0.4, 0.5) is 14.9 Å². The minimum atomic E-state index is -0.700. The van der Waals surface area contributed by atoms with Crippen LogP contribution in [0.3, 0.4) is 0 Å². The summed E-state index contributed by atoms with van der Waals surface area (Å²) in [5.74, 6) is -0.546. The van der Waals surface area contributed by atoms with Gasteiger partial charge in [-0.15, -0.1) is 0 Å². The van der Waals surface area contributed by atoms with Gasteiger partial charge in [-0.2, -0.15) is 0 Å². The number of ether oxygens (including phenoxy) is 2. The van der Waals surface area contributed by atoms with E-state index in [-0.39, 0.29) is 42.0 Å². The number of anilines is 1. The Kier molecular flexibility index (Phi) is 11.1. The standard InChI is InChI=1S/C35H50FN5O6/c1-5-46-33(44)30-38-26-16-15-24(19-27(26)39-30)37-31(42)29-25(21-9-7-6-8-10-21)17-18-41(29)32(43)23-13-11-22(12-14-23)28(20-36)40-34(45)47-35(2,3)4/h15-16,19,21-23,25,28-29H,5-14,17-18,20H2,1-4H3,(H,37,42)(H,38,39)(H,40,45)/t22-,23-,25-,28-,29-/m0/s1. The van der Waals surface area contributed by atoms with E-state index < -0.39 is 36.4 Å². The first-order valence-electron chi connectivity index (χ1n) is 17.3. The Morgan fingerprint density at radius 3 is 2.43 bits per heavy atom. The van der Waals surface area contributed by atoms with E-state index in [0.717, 1.165) is 32.1 Å². The molecule has 0 radical (unpaired) electrons. The van der Waals surface area contributed by atoms with Gasteiger partial charge in [-0.3, -0.25) is 9.59 Å². The number of H-pyrrole nitrogens is 1. The van der Waals surface area contributed by atoms with Crippen molar-refractivity contribution >= 4 is 40.6 Å². The van der Waals surface area contributed by atoms with Crippen molar-refractivity contribution in [3.05, 3.63) is 24.0 Å². The van der Waals surface area contributed by atoms with Crippen molar-refractivity contribution in [2.24, 2.45) is 23.7 Å². The van der Waals surface area contributed by atoms with Gasteiger partial charge in [0.05, 0.1) is 23.7 Å². The number of carbonyl (C=O) groups is 4. The third-order valence-electron chi connectivity index (χ3n) is 10.0. The van der Waals surface area contributed by atoms with E-state index in [0.29, 0.717) is 54.9 Å². The van der Waals surface area contributed by atoms with Gasteiger partial charge in [-0.05, 0) is 95.8 Å². The maximum Gasteiger partial charge on any atom is 0.407 e. The van der Waals surface area contributed by atoms with Crippen molar-refractivity contribution in [2.75, 3.05) is 25.1 Å². The summed E-state index contributed by atoms with van der Waals surface area (Å²) in [6.45, 7) is 7.09. The van der Waals surface area contributed by atoms with Gasteiger partial charge in [0.25, 0.3) is 0 Å². The van der Waals surface area contributed by atoms with E-state index in [1.807, 2.05) is 0 Å². The molecule has 2 heterocycles. The minimum Gasteiger partial charge on any atom is -0.460 e. The van der Waals surface area contributed by atoms with E-state index in [4.69, 9.17) is 9.47 Å². The zero-order chi connectivity index (χ0) is 33.7. The summed E-state index contributed by atoms with van der Waals surface area (Å²) in [6.07, 6.45) is 8.12. The lowest BCUT2D eigenvalue weighted by Gasteiger charge is -2.37. The number of alkyl carbamates (subject to hydrolysis) is 1. The highest BCUT2D eigenvalue weighted by Gasteiger charge is 2.47. The van der Waals surface area contributed by atoms with Gasteiger partial charge in [-0.25, -0.2) is 19.0 Å². The molecule has 3 amide bonds. The molecule has 5 rings (SSSR count). The Morgan fingerprint density at radius 1 is 1.04 bits per heavy atom. The predicted octanol–water partition coefficient (Wildman–Crippen LogP) is 6.14. The Hall–Kier alpha value is -3.70. The van der Waals surface area contributed by atoms with Crippen LogP contribution in [0.5, 0.6) is 0 Å². The molecule has 0 unspecified atom stereocenters. The SMILES string of the molecule is CCOC(=O)c1nc2cc(NC(=O)[C@@H]3[C@H](C4CCCCC4)CCN3C(=O)[C@H]3CC[C@H]([C@H](CF)NC(=O)OC(C)(C)C)CC3)ccc2[nH]1. The average molecular weight is 656 g/mol. The van der Waals surface area contributed by atoms with Crippen molar-refractivity contribution < 1.29 is 33.0 Å². The second-order valence-electron chi connectivity index (χ2n) is 14.4. The molecule has 12 heteroatoms. The van der Waals surface area contributed by atoms with Gasteiger partial charge in [0.2, 0.25) is 17.6 Å². The number of halogens is 1. The zero-order valence-electron chi connectivity index (χ0n) is 28.1. The molecule has 3 aliphatic rings. The normalized spacial score (nSPS) is 24.5. The lowest BCUT2D eigenvalue weighted by Crippen LogP contribution is -2.50. The second-order valence-corrected chi connectivity index (χ2v) is 14.4. The maximum absolute atomic E-state index is 14.1. The Labute approximate surface area is 276 Å². The number of esters is 1. The van der Waals surface area contributed by atoms with Gasteiger partial charge in [0.15, 0.2) is 0 Å². The van der Waals surface area contributed by atoms with Crippen LogP contribution >= 0.6 is 0 Å². The molecular formula is C35H50FN5O6. The number of rotatable bonds is 9. The molecule has 1 aromatic heterocycles. The molecule has 11 nitrogen and oxygen atoms in total. The Bertz CT molecular complexity index is 1430. The van der Waals surface area contributed by atoms with Crippen LogP contribution in [0.1, 0.15) is 103 Å². The molecule has 0 bridgehead atoms. The molecule has 3 N–H and O–H groups in total. The monoisotopic (exact) mass is 655 g/mol. The van der Waals surface area contributed by atoms with Crippen molar-refractivity contribution in [3.8, 4) is 0 Å². The van der Waals surface area contributed by atoms with Gasteiger partial charge in [-0.1, -0.05) is 32.1 Å². The molecule has 2 aromatic rings. The van der Waals surface area contributed by atoms with Crippen LogP contribution in [0, 0.1) is 23.7 Å². The minimum absolute atomic E-state index is 0.0133. The van der Waals surface area contributed by atoms with Crippen LogP contribution in [0.15, 0.2) is 18.2 Å². The van der Waals surface area contributed by atoms with Crippen LogP contribution in [0.25, 0.3) is 11.0 Å². The second kappa shape index (κ2) is 15.0. The topological polar surface area (TPSA) is 143 Å². The number of aromatic amines is 1. The van der Waals surface area contributed by atoms with E-state index in [1.54, 1.807) is 50.8 Å². The Morgan fingerprint density at radius 2 is 1.77 bits per heavy atom. The number of likely N-dealkylation sites (tertiary alicyclic amines) is 1. The average Bonchev–Trinajstić information content (AvgIpc) is 3.68. The van der Waals surface area contributed by atoms with E-state index in [1.165, 1.54) is 6.42 Å². The summed E-state index contributed by atoms with van der Waals surface area (Å²) in [7, 11) is 0. The summed E-state index contributed by atoms with van der Waals surface area (Å²) >= 11 is 0. The molecular weight excluding hydrogens is 605 g/mol.